The average molecular weight is 339 g/mol. The van der Waals surface area contributed by atoms with E-state index in [4.69, 9.17) is 15.2 Å². The van der Waals surface area contributed by atoms with E-state index in [0.717, 1.165) is 38.5 Å². The van der Waals surface area contributed by atoms with Crippen LogP contribution in [0.25, 0.3) is 0 Å². The maximum Gasteiger partial charge on any atom is 0.234 e. The topological polar surface area (TPSA) is 93.9 Å². The summed E-state index contributed by atoms with van der Waals surface area (Å²) in [5, 5.41) is 3.13. The van der Waals surface area contributed by atoms with E-state index in [1.165, 1.54) is 0 Å². The number of rotatable bonds is 4. The normalized spacial score (nSPS) is 31.2. The third kappa shape index (κ3) is 4.07. The first kappa shape index (κ1) is 17.6. The van der Waals surface area contributed by atoms with Gasteiger partial charge in [-0.05, 0) is 32.6 Å². The monoisotopic (exact) mass is 339 g/mol. The molecule has 136 valence electrons. The molecule has 0 bridgehead atoms. The quantitative estimate of drug-likeness (QED) is 0.772. The predicted molar refractivity (Wildman–Crippen MR) is 88.0 cm³/mol. The molecule has 3 fully saturated rings. The predicted octanol–water partition coefficient (Wildman–Crippen LogP) is 0.374. The van der Waals surface area contributed by atoms with Crippen LogP contribution in [0.1, 0.15) is 45.4 Å². The number of ether oxygens (including phenoxy) is 2. The Morgan fingerprint density at radius 3 is 2.46 bits per heavy atom. The van der Waals surface area contributed by atoms with Crippen molar-refractivity contribution in [2.45, 2.75) is 63.3 Å². The van der Waals surface area contributed by atoms with Gasteiger partial charge in [0.05, 0.1) is 25.7 Å². The molecule has 0 aromatic carbocycles. The van der Waals surface area contributed by atoms with E-state index in [1.807, 2.05) is 0 Å². The Balaban J connectivity index is 1.44. The van der Waals surface area contributed by atoms with Crippen molar-refractivity contribution in [1.29, 1.82) is 0 Å². The smallest absolute Gasteiger partial charge is 0.234 e. The Morgan fingerprint density at radius 2 is 1.83 bits per heavy atom. The Labute approximate surface area is 143 Å². The number of carbonyl (C=O) groups excluding carboxylic acids is 2. The minimum absolute atomic E-state index is 0.0289. The fourth-order valence-electron chi connectivity index (χ4n) is 4.08. The largest absolute Gasteiger partial charge is 0.369 e. The second-order valence-corrected chi connectivity index (χ2v) is 7.40. The molecule has 2 unspecified atom stereocenters. The van der Waals surface area contributed by atoms with Crippen molar-refractivity contribution in [3.63, 3.8) is 0 Å². The summed E-state index contributed by atoms with van der Waals surface area (Å²) in [4.78, 5) is 25.9. The first-order valence-electron chi connectivity index (χ1n) is 9.08. The van der Waals surface area contributed by atoms with Crippen LogP contribution in [0.3, 0.4) is 0 Å². The van der Waals surface area contributed by atoms with Crippen molar-refractivity contribution in [3.05, 3.63) is 0 Å². The molecule has 0 radical (unpaired) electrons. The molecule has 1 saturated carbocycles. The molecule has 1 spiro atoms. The summed E-state index contributed by atoms with van der Waals surface area (Å²) in [6.45, 7) is 4.36. The lowest BCUT2D eigenvalue weighted by Crippen LogP contribution is -2.51. The Kier molecular flexibility index (Phi) is 5.42. The number of nitrogens with one attached hydrogen (secondary N) is 1. The molecule has 2 saturated heterocycles. The minimum Gasteiger partial charge on any atom is -0.369 e. The summed E-state index contributed by atoms with van der Waals surface area (Å²) in [7, 11) is 0. The van der Waals surface area contributed by atoms with Crippen LogP contribution in [-0.2, 0) is 19.1 Å². The molecular weight excluding hydrogens is 310 g/mol. The highest BCUT2D eigenvalue weighted by Gasteiger charge is 2.40. The third-order valence-corrected chi connectivity index (χ3v) is 5.69. The summed E-state index contributed by atoms with van der Waals surface area (Å²) >= 11 is 0. The van der Waals surface area contributed by atoms with Gasteiger partial charge in [0.25, 0.3) is 0 Å². The lowest BCUT2D eigenvalue weighted by Gasteiger charge is -2.38. The fraction of sp³-hybridized carbons (Fsp3) is 0.882. The molecule has 0 aromatic heterocycles. The number of hydrogen-bond donors (Lipinski definition) is 2. The van der Waals surface area contributed by atoms with Gasteiger partial charge in [0, 0.05) is 31.5 Å². The van der Waals surface area contributed by atoms with Crippen molar-refractivity contribution in [2.75, 3.05) is 26.3 Å². The van der Waals surface area contributed by atoms with Crippen molar-refractivity contribution in [2.24, 2.45) is 11.7 Å². The van der Waals surface area contributed by atoms with E-state index in [1.54, 1.807) is 0 Å². The number of piperidine rings is 1. The molecule has 3 rings (SSSR count). The Hall–Kier alpha value is -1.18. The van der Waals surface area contributed by atoms with Crippen molar-refractivity contribution in [1.82, 2.24) is 10.2 Å². The van der Waals surface area contributed by atoms with E-state index in [9.17, 15) is 9.59 Å². The number of primary amides is 1. The van der Waals surface area contributed by atoms with Crippen molar-refractivity contribution >= 4 is 11.8 Å². The molecular formula is C17H29N3O4. The van der Waals surface area contributed by atoms with Gasteiger partial charge in [-0.2, -0.15) is 0 Å². The zero-order valence-corrected chi connectivity index (χ0v) is 14.5. The van der Waals surface area contributed by atoms with Gasteiger partial charge in [0.2, 0.25) is 11.8 Å². The molecule has 3 aliphatic rings. The highest BCUT2D eigenvalue weighted by atomic mass is 16.7. The second kappa shape index (κ2) is 7.37. The molecule has 7 heteroatoms. The van der Waals surface area contributed by atoms with Gasteiger partial charge in [0.15, 0.2) is 5.79 Å². The van der Waals surface area contributed by atoms with Crippen LogP contribution in [0.15, 0.2) is 0 Å². The van der Waals surface area contributed by atoms with Crippen molar-refractivity contribution < 1.29 is 19.1 Å². The second-order valence-electron chi connectivity index (χ2n) is 7.40. The van der Waals surface area contributed by atoms with Gasteiger partial charge < -0.3 is 20.5 Å². The maximum atomic E-state index is 12.4. The van der Waals surface area contributed by atoms with E-state index in [-0.39, 0.29) is 23.8 Å². The van der Waals surface area contributed by atoms with Crippen LogP contribution in [-0.4, -0.2) is 60.9 Å². The average Bonchev–Trinajstić information content (AvgIpc) is 3.00. The van der Waals surface area contributed by atoms with E-state index in [0.29, 0.717) is 32.3 Å². The van der Waals surface area contributed by atoms with Gasteiger partial charge in [0.1, 0.15) is 0 Å². The molecule has 3 N–H and O–H groups in total. The first-order valence-corrected chi connectivity index (χ1v) is 9.08. The van der Waals surface area contributed by atoms with E-state index in [2.05, 4.69) is 17.1 Å². The molecule has 2 heterocycles. The summed E-state index contributed by atoms with van der Waals surface area (Å²) in [5.74, 6) is -0.764. The summed E-state index contributed by atoms with van der Waals surface area (Å²) in [6, 6.07) is 0.490. The summed E-state index contributed by atoms with van der Waals surface area (Å²) in [5.41, 5.74) is 5.42. The molecule has 0 aromatic rings. The van der Waals surface area contributed by atoms with Crippen LogP contribution >= 0.6 is 0 Å². The Bertz CT molecular complexity index is 468. The summed E-state index contributed by atoms with van der Waals surface area (Å²) < 4.78 is 11.4. The Morgan fingerprint density at radius 1 is 1.17 bits per heavy atom. The number of hydrogen-bond acceptors (Lipinski definition) is 5. The molecule has 1 aliphatic carbocycles. The number of amides is 2. The number of likely N-dealkylation sites (tertiary alicyclic amines) is 1. The highest BCUT2D eigenvalue weighted by molar-refractivity contribution is 5.79. The van der Waals surface area contributed by atoms with E-state index < -0.39 is 5.79 Å². The van der Waals surface area contributed by atoms with Crippen LogP contribution in [0, 0.1) is 5.92 Å². The van der Waals surface area contributed by atoms with Crippen molar-refractivity contribution in [3.8, 4) is 0 Å². The molecule has 2 atom stereocenters. The highest BCUT2D eigenvalue weighted by Crippen LogP contribution is 2.35. The zero-order chi connectivity index (χ0) is 17.2. The van der Waals surface area contributed by atoms with Crippen LogP contribution in [0.5, 0.6) is 0 Å². The third-order valence-electron chi connectivity index (χ3n) is 5.69. The van der Waals surface area contributed by atoms with Gasteiger partial charge in [-0.3, -0.25) is 14.5 Å². The molecule has 24 heavy (non-hydrogen) atoms. The molecule has 7 nitrogen and oxygen atoms in total. The van der Waals surface area contributed by atoms with Gasteiger partial charge in [-0.15, -0.1) is 0 Å². The van der Waals surface area contributed by atoms with Crippen LogP contribution in [0.2, 0.25) is 0 Å². The lowest BCUT2D eigenvalue weighted by atomic mass is 9.90. The molecule has 2 aliphatic heterocycles. The number of nitrogens with two attached hydrogens (primary N) is 1. The minimum atomic E-state index is -0.392. The summed E-state index contributed by atoms with van der Waals surface area (Å²) in [6.07, 6.45) is 5.15. The maximum absolute atomic E-state index is 12.4. The van der Waals surface area contributed by atoms with Gasteiger partial charge in [-0.25, -0.2) is 0 Å². The lowest BCUT2D eigenvalue weighted by molar-refractivity contribution is -0.180. The van der Waals surface area contributed by atoms with Gasteiger partial charge >= 0.3 is 0 Å². The zero-order valence-electron chi connectivity index (χ0n) is 14.5. The van der Waals surface area contributed by atoms with Crippen LogP contribution in [0.4, 0.5) is 0 Å². The standard InChI is InChI=1S/C17H29N3O4/c1-12-2-3-13(16(18)22)10-20(12)11-15(21)19-14-4-6-17(7-5-14)23-8-9-24-17/h12-14H,2-11H2,1H3,(H2,18,22)(H,19,21). The first-order chi connectivity index (χ1) is 11.5. The van der Waals surface area contributed by atoms with Crippen LogP contribution < -0.4 is 11.1 Å². The van der Waals surface area contributed by atoms with Gasteiger partial charge in [-0.1, -0.05) is 0 Å². The fourth-order valence-corrected chi connectivity index (χ4v) is 4.08. The number of nitrogens with zero attached hydrogens (tertiary/aromatic N) is 1. The van der Waals surface area contributed by atoms with E-state index >= 15 is 0 Å². The molecule has 2 amide bonds. The number of carbonyl (C=O) groups is 2. The SMILES string of the molecule is CC1CCC(C(N)=O)CN1CC(=O)NC1CCC2(CC1)OCCO2.